The maximum atomic E-state index is 12.0. The number of aliphatic carboxylic acids is 1. The van der Waals surface area contributed by atoms with Crippen LogP contribution in [0.15, 0.2) is 0 Å². The summed E-state index contributed by atoms with van der Waals surface area (Å²) in [5.41, 5.74) is -2.52. The molecule has 1 N–H and O–H groups in total. The lowest BCUT2D eigenvalue weighted by atomic mass is 9.82. The van der Waals surface area contributed by atoms with Crippen LogP contribution in [0.1, 0.15) is 33.6 Å². The molecule has 104 valence electrons. The fourth-order valence-corrected chi connectivity index (χ4v) is 3.29. The summed E-state index contributed by atoms with van der Waals surface area (Å²) in [5, 5.41) is 9.23. The molecule has 0 saturated carbocycles. The number of ether oxygens (including phenoxy) is 1. The Balaban J connectivity index is 2.97. The first-order valence-corrected chi connectivity index (χ1v) is 7.48. The Kier molecular flexibility index (Phi) is 3.76. The minimum absolute atomic E-state index is 0.223. The number of hydrogen-bond donors (Lipinski definition) is 1. The first-order valence-electron chi connectivity index (χ1n) is 5.66. The van der Waals surface area contributed by atoms with Crippen molar-refractivity contribution in [1.29, 1.82) is 0 Å². The molecule has 18 heavy (non-hydrogen) atoms. The molecule has 0 aromatic carbocycles. The average Bonchev–Trinajstić information content (AvgIpc) is 2.14. The van der Waals surface area contributed by atoms with Crippen LogP contribution in [0, 0.1) is 5.41 Å². The molecule has 0 radical (unpaired) electrons. The molecule has 1 fully saturated rings. The van der Waals surface area contributed by atoms with Gasteiger partial charge in [0.15, 0.2) is 5.41 Å². The molecule has 0 aromatic heterocycles. The second kappa shape index (κ2) is 4.53. The largest absolute Gasteiger partial charge is 0.480 e. The number of sulfone groups is 1. The molecule has 1 saturated heterocycles. The highest BCUT2D eigenvalue weighted by Gasteiger charge is 2.52. The summed E-state index contributed by atoms with van der Waals surface area (Å²) >= 11 is 0. The lowest BCUT2D eigenvalue weighted by Gasteiger charge is -2.33. The molecule has 0 aromatic rings. The SMILES string of the molecule is CC(C)(C)OC(=O)C1(C(=O)O)CCS(=O)(=O)CC1. The normalized spacial score (nSPS) is 22.2. The molecular weight excluding hydrogens is 260 g/mol. The zero-order valence-electron chi connectivity index (χ0n) is 10.7. The number of rotatable bonds is 2. The van der Waals surface area contributed by atoms with E-state index in [2.05, 4.69) is 0 Å². The molecule has 0 spiro atoms. The van der Waals surface area contributed by atoms with E-state index in [0.717, 1.165) is 0 Å². The molecule has 0 atom stereocenters. The molecule has 6 nitrogen and oxygen atoms in total. The van der Waals surface area contributed by atoms with Crippen LogP contribution >= 0.6 is 0 Å². The van der Waals surface area contributed by atoms with Crippen molar-refractivity contribution in [1.82, 2.24) is 0 Å². The van der Waals surface area contributed by atoms with E-state index in [1.54, 1.807) is 20.8 Å². The van der Waals surface area contributed by atoms with E-state index < -0.39 is 32.8 Å². The average molecular weight is 278 g/mol. The van der Waals surface area contributed by atoms with Crippen LogP contribution in [0.4, 0.5) is 0 Å². The highest BCUT2D eigenvalue weighted by atomic mass is 32.2. The Morgan fingerprint density at radius 3 is 1.94 bits per heavy atom. The predicted molar refractivity (Wildman–Crippen MR) is 63.8 cm³/mol. The van der Waals surface area contributed by atoms with Gasteiger partial charge in [0.25, 0.3) is 0 Å². The van der Waals surface area contributed by atoms with Crippen molar-refractivity contribution in [3.8, 4) is 0 Å². The number of carboxylic acids is 1. The van der Waals surface area contributed by atoms with E-state index in [1.165, 1.54) is 0 Å². The van der Waals surface area contributed by atoms with Crippen molar-refractivity contribution in [2.75, 3.05) is 11.5 Å². The van der Waals surface area contributed by atoms with Gasteiger partial charge in [0.05, 0.1) is 11.5 Å². The van der Waals surface area contributed by atoms with Gasteiger partial charge < -0.3 is 9.84 Å². The summed E-state index contributed by atoms with van der Waals surface area (Å²) in [6, 6.07) is 0. The molecule has 7 heteroatoms. The quantitative estimate of drug-likeness (QED) is 0.587. The number of carbonyl (C=O) groups excluding carboxylic acids is 1. The smallest absolute Gasteiger partial charge is 0.324 e. The molecular formula is C11H18O6S. The molecule has 1 heterocycles. The maximum absolute atomic E-state index is 12.0. The number of hydrogen-bond acceptors (Lipinski definition) is 5. The van der Waals surface area contributed by atoms with E-state index in [9.17, 15) is 23.1 Å². The number of carbonyl (C=O) groups is 2. The van der Waals surface area contributed by atoms with Gasteiger partial charge in [-0.25, -0.2) is 8.42 Å². The Morgan fingerprint density at radius 1 is 1.17 bits per heavy atom. The Labute approximate surface area is 106 Å². The maximum Gasteiger partial charge on any atom is 0.324 e. The van der Waals surface area contributed by atoms with Gasteiger partial charge in [0.2, 0.25) is 0 Å². The standard InChI is InChI=1S/C11H18O6S/c1-10(2,3)17-9(14)11(8(12)13)4-6-18(15,16)7-5-11/h4-7H2,1-3H3,(H,12,13). The van der Waals surface area contributed by atoms with Crippen LogP contribution < -0.4 is 0 Å². The second-order valence-electron chi connectivity index (χ2n) is 5.54. The zero-order valence-corrected chi connectivity index (χ0v) is 11.5. The summed E-state index contributed by atoms with van der Waals surface area (Å²) < 4.78 is 27.7. The zero-order chi connectivity index (χ0) is 14.2. The van der Waals surface area contributed by atoms with Crippen LogP contribution in [-0.4, -0.2) is 42.6 Å². The third kappa shape index (κ3) is 3.22. The summed E-state index contributed by atoms with van der Waals surface area (Å²) in [7, 11) is -3.24. The third-order valence-electron chi connectivity index (χ3n) is 2.88. The molecule has 0 unspecified atom stereocenters. The van der Waals surface area contributed by atoms with Gasteiger partial charge in [0.1, 0.15) is 15.4 Å². The number of esters is 1. The van der Waals surface area contributed by atoms with Crippen molar-refractivity contribution in [2.45, 2.75) is 39.2 Å². The fraction of sp³-hybridized carbons (Fsp3) is 0.818. The Hall–Kier alpha value is -1.11. The van der Waals surface area contributed by atoms with Crippen molar-refractivity contribution in [2.24, 2.45) is 5.41 Å². The molecule has 1 rings (SSSR count). The van der Waals surface area contributed by atoms with E-state index >= 15 is 0 Å². The van der Waals surface area contributed by atoms with Crippen LogP contribution in [0.3, 0.4) is 0 Å². The molecule has 1 aliphatic rings. The monoisotopic (exact) mass is 278 g/mol. The van der Waals surface area contributed by atoms with E-state index in [1.807, 2.05) is 0 Å². The van der Waals surface area contributed by atoms with Crippen LogP contribution in [0.2, 0.25) is 0 Å². The predicted octanol–water partition coefficient (Wildman–Crippen LogP) is 0.608. The summed E-state index contributed by atoms with van der Waals surface area (Å²) in [6.45, 7) is 4.92. The second-order valence-corrected chi connectivity index (χ2v) is 7.84. The topological polar surface area (TPSA) is 97.7 Å². The summed E-state index contributed by atoms with van der Waals surface area (Å²) in [5.74, 6) is -2.75. The lowest BCUT2D eigenvalue weighted by molar-refractivity contribution is -0.177. The summed E-state index contributed by atoms with van der Waals surface area (Å²) in [6.07, 6.45) is -0.445. The van der Waals surface area contributed by atoms with Crippen molar-refractivity contribution in [3.63, 3.8) is 0 Å². The van der Waals surface area contributed by atoms with E-state index in [0.29, 0.717) is 0 Å². The number of carboxylic acid groups (broad SMARTS) is 1. The molecule has 0 amide bonds. The van der Waals surface area contributed by atoms with Crippen LogP contribution in [0.5, 0.6) is 0 Å². The first kappa shape index (κ1) is 14.9. The van der Waals surface area contributed by atoms with Crippen molar-refractivity contribution < 1.29 is 27.9 Å². The van der Waals surface area contributed by atoms with Gasteiger partial charge in [-0.05, 0) is 33.6 Å². The lowest BCUT2D eigenvalue weighted by Crippen LogP contribution is -2.48. The van der Waals surface area contributed by atoms with Gasteiger partial charge in [-0.3, -0.25) is 9.59 Å². The fourth-order valence-electron chi connectivity index (χ4n) is 1.77. The Morgan fingerprint density at radius 2 is 1.61 bits per heavy atom. The minimum atomic E-state index is -3.24. The van der Waals surface area contributed by atoms with Gasteiger partial charge in [-0.1, -0.05) is 0 Å². The molecule has 1 aliphatic heterocycles. The van der Waals surface area contributed by atoms with Gasteiger partial charge >= 0.3 is 11.9 Å². The van der Waals surface area contributed by atoms with Gasteiger partial charge in [-0.2, -0.15) is 0 Å². The third-order valence-corrected chi connectivity index (χ3v) is 4.53. The van der Waals surface area contributed by atoms with Gasteiger partial charge in [0, 0.05) is 0 Å². The highest BCUT2D eigenvalue weighted by Crippen LogP contribution is 2.35. The highest BCUT2D eigenvalue weighted by molar-refractivity contribution is 7.91. The Bertz CT molecular complexity index is 442. The van der Waals surface area contributed by atoms with Crippen molar-refractivity contribution >= 4 is 21.8 Å². The molecule has 0 bridgehead atoms. The molecule has 0 aliphatic carbocycles. The van der Waals surface area contributed by atoms with Crippen LogP contribution in [0.25, 0.3) is 0 Å². The minimum Gasteiger partial charge on any atom is -0.480 e. The van der Waals surface area contributed by atoms with E-state index in [-0.39, 0.29) is 24.3 Å². The first-order chi connectivity index (χ1) is 7.99. The van der Waals surface area contributed by atoms with Crippen molar-refractivity contribution in [3.05, 3.63) is 0 Å². The summed E-state index contributed by atoms with van der Waals surface area (Å²) in [4.78, 5) is 23.3. The van der Waals surface area contributed by atoms with E-state index in [4.69, 9.17) is 4.74 Å². The van der Waals surface area contributed by atoms with Gasteiger partial charge in [-0.15, -0.1) is 0 Å². The van der Waals surface area contributed by atoms with Crippen LogP contribution in [-0.2, 0) is 24.2 Å².